The molecule has 0 aliphatic heterocycles. The molecule has 0 saturated heterocycles. The van der Waals surface area contributed by atoms with Crippen LogP contribution < -0.4 is 4.74 Å². The number of aryl methyl sites for hydroxylation is 1. The smallest absolute Gasteiger partial charge is 0.428 e. The van der Waals surface area contributed by atoms with Gasteiger partial charge in [-0.15, -0.1) is 13.2 Å². The van der Waals surface area contributed by atoms with Crippen molar-refractivity contribution in [3.8, 4) is 5.75 Å². The normalized spacial score (nSPS) is 11.2. The van der Waals surface area contributed by atoms with Gasteiger partial charge in [-0.1, -0.05) is 12.2 Å². The van der Waals surface area contributed by atoms with Crippen LogP contribution >= 0.6 is 0 Å². The molecule has 0 N–H and O–H groups in total. The first-order valence-corrected chi connectivity index (χ1v) is 7.73. The van der Waals surface area contributed by atoms with Gasteiger partial charge in [-0.3, -0.25) is 0 Å². The second kappa shape index (κ2) is 9.25. The summed E-state index contributed by atoms with van der Waals surface area (Å²) in [6.07, 6.45) is 2.02. The van der Waals surface area contributed by atoms with E-state index < -0.39 is 18.0 Å². The van der Waals surface area contributed by atoms with Crippen LogP contribution in [0.15, 0.2) is 43.5 Å². The average Bonchev–Trinajstić information content (AvgIpc) is 2.46. The molecule has 0 amide bonds. The fourth-order valence-electron chi connectivity index (χ4n) is 1.88. The number of benzene rings is 1. The van der Waals surface area contributed by atoms with Gasteiger partial charge in [0.05, 0.1) is 13.2 Å². The number of hydrogen-bond acceptors (Lipinski definition) is 5. The van der Waals surface area contributed by atoms with Crippen LogP contribution in [0.4, 0.5) is 4.79 Å². The molecule has 24 heavy (non-hydrogen) atoms. The van der Waals surface area contributed by atoms with E-state index in [-0.39, 0.29) is 0 Å². The van der Waals surface area contributed by atoms with Crippen molar-refractivity contribution in [3.63, 3.8) is 0 Å². The second-order valence-corrected chi connectivity index (χ2v) is 6.16. The quantitative estimate of drug-likeness (QED) is 0.298. The Bertz CT molecular complexity index is 560. The molecule has 0 aliphatic carbocycles. The molecule has 0 aliphatic rings. The predicted molar refractivity (Wildman–Crippen MR) is 93.1 cm³/mol. The third kappa shape index (κ3) is 6.98. The lowest BCUT2D eigenvalue weighted by molar-refractivity contribution is -0.131. The average molecular weight is 334 g/mol. The SMILES string of the molecule is C=CCOC(OCC=C)c1ccc(OC(=O)OC(C)(C)C)cc1C. The summed E-state index contributed by atoms with van der Waals surface area (Å²) in [5.41, 5.74) is 1.11. The largest absolute Gasteiger partial charge is 0.514 e. The zero-order valence-electron chi connectivity index (χ0n) is 14.8. The highest BCUT2D eigenvalue weighted by molar-refractivity contribution is 5.64. The number of hydrogen-bond donors (Lipinski definition) is 0. The molecular formula is C19H26O5. The third-order valence-electron chi connectivity index (χ3n) is 2.82. The monoisotopic (exact) mass is 334 g/mol. The first-order valence-electron chi connectivity index (χ1n) is 7.73. The molecule has 5 nitrogen and oxygen atoms in total. The zero-order chi connectivity index (χ0) is 18.2. The minimum absolute atomic E-state index is 0.359. The van der Waals surface area contributed by atoms with Gasteiger partial charge >= 0.3 is 6.16 Å². The zero-order valence-corrected chi connectivity index (χ0v) is 14.8. The summed E-state index contributed by atoms with van der Waals surface area (Å²) in [6, 6.07) is 5.21. The molecule has 0 spiro atoms. The van der Waals surface area contributed by atoms with Crippen LogP contribution in [0.5, 0.6) is 5.75 Å². The summed E-state index contributed by atoms with van der Waals surface area (Å²) in [5.74, 6) is 0.400. The van der Waals surface area contributed by atoms with Crippen molar-refractivity contribution in [2.24, 2.45) is 0 Å². The van der Waals surface area contributed by atoms with Crippen molar-refractivity contribution < 1.29 is 23.7 Å². The fourth-order valence-corrected chi connectivity index (χ4v) is 1.88. The highest BCUT2D eigenvalue weighted by Gasteiger charge is 2.19. The number of rotatable bonds is 8. The molecule has 0 radical (unpaired) electrons. The van der Waals surface area contributed by atoms with Gasteiger partial charge in [0, 0.05) is 5.56 Å². The molecule has 0 unspecified atom stereocenters. The van der Waals surface area contributed by atoms with Gasteiger partial charge in [-0.05, 0) is 51.5 Å². The predicted octanol–water partition coefficient (Wildman–Crippen LogP) is 4.71. The maximum Gasteiger partial charge on any atom is 0.514 e. The Balaban J connectivity index is 2.85. The van der Waals surface area contributed by atoms with Crippen molar-refractivity contribution in [2.45, 2.75) is 39.6 Å². The lowest BCUT2D eigenvalue weighted by Crippen LogP contribution is -2.26. The lowest BCUT2D eigenvalue weighted by Gasteiger charge is -2.21. The van der Waals surface area contributed by atoms with Crippen molar-refractivity contribution in [2.75, 3.05) is 13.2 Å². The standard InChI is InChI=1S/C19H26O5/c1-7-11-21-17(22-12-8-2)16-10-9-15(13-14(16)3)23-18(20)24-19(4,5)6/h7-10,13,17H,1-2,11-12H2,3-6H3. The summed E-state index contributed by atoms with van der Waals surface area (Å²) in [6.45, 7) is 15.2. The summed E-state index contributed by atoms with van der Waals surface area (Å²) in [4.78, 5) is 11.7. The van der Waals surface area contributed by atoms with Crippen molar-refractivity contribution in [1.29, 1.82) is 0 Å². The third-order valence-corrected chi connectivity index (χ3v) is 2.82. The van der Waals surface area contributed by atoms with Crippen LogP contribution in [0.25, 0.3) is 0 Å². The first kappa shape index (κ1) is 19.9. The number of carbonyl (C=O) groups excluding carboxylic acids is 1. The Morgan fingerprint density at radius 2 is 1.75 bits per heavy atom. The van der Waals surface area contributed by atoms with E-state index in [1.807, 2.05) is 6.92 Å². The second-order valence-electron chi connectivity index (χ2n) is 6.16. The van der Waals surface area contributed by atoms with Gasteiger partial charge in [-0.25, -0.2) is 4.79 Å². The Hall–Kier alpha value is -2.11. The lowest BCUT2D eigenvalue weighted by atomic mass is 10.1. The highest BCUT2D eigenvalue weighted by Crippen LogP contribution is 2.26. The highest BCUT2D eigenvalue weighted by atomic mass is 16.7. The van der Waals surface area contributed by atoms with E-state index in [9.17, 15) is 4.79 Å². The number of ether oxygens (including phenoxy) is 4. The van der Waals surface area contributed by atoms with E-state index in [1.54, 1.807) is 51.1 Å². The van der Waals surface area contributed by atoms with Crippen molar-refractivity contribution in [1.82, 2.24) is 0 Å². The molecule has 0 fully saturated rings. The molecule has 0 aromatic heterocycles. The Morgan fingerprint density at radius 3 is 2.21 bits per heavy atom. The minimum atomic E-state index is -0.739. The molecule has 1 aromatic carbocycles. The van der Waals surface area contributed by atoms with E-state index in [0.29, 0.717) is 19.0 Å². The van der Waals surface area contributed by atoms with Gasteiger partial charge < -0.3 is 18.9 Å². The van der Waals surface area contributed by atoms with Gasteiger partial charge in [-0.2, -0.15) is 0 Å². The van der Waals surface area contributed by atoms with Crippen molar-refractivity contribution >= 4 is 6.16 Å². The van der Waals surface area contributed by atoms with E-state index in [4.69, 9.17) is 18.9 Å². The van der Waals surface area contributed by atoms with E-state index >= 15 is 0 Å². The summed E-state index contributed by atoms with van der Waals surface area (Å²) >= 11 is 0. The Kier molecular flexibility index (Phi) is 7.68. The molecule has 0 heterocycles. The fraction of sp³-hybridized carbons (Fsp3) is 0.421. The van der Waals surface area contributed by atoms with Crippen LogP contribution in [0, 0.1) is 6.92 Å². The van der Waals surface area contributed by atoms with Crippen LogP contribution in [-0.2, 0) is 14.2 Å². The number of carbonyl (C=O) groups is 1. The maximum absolute atomic E-state index is 11.7. The Labute approximate surface area is 143 Å². The summed E-state index contributed by atoms with van der Waals surface area (Å²) in [7, 11) is 0. The minimum Gasteiger partial charge on any atom is -0.428 e. The van der Waals surface area contributed by atoms with Crippen LogP contribution in [0.3, 0.4) is 0 Å². The molecule has 1 rings (SSSR count). The first-order chi connectivity index (χ1) is 11.3. The van der Waals surface area contributed by atoms with Gasteiger partial charge in [0.25, 0.3) is 0 Å². The van der Waals surface area contributed by atoms with Crippen molar-refractivity contribution in [3.05, 3.63) is 54.6 Å². The summed E-state index contributed by atoms with van der Waals surface area (Å²) in [5, 5.41) is 0. The molecule has 0 atom stereocenters. The van der Waals surface area contributed by atoms with E-state index in [0.717, 1.165) is 11.1 Å². The van der Waals surface area contributed by atoms with Crippen LogP contribution in [-0.4, -0.2) is 25.0 Å². The maximum atomic E-state index is 11.7. The molecule has 1 aromatic rings. The molecule has 5 heteroatoms. The van der Waals surface area contributed by atoms with Gasteiger partial charge in [0.15, 0.2) is 6.29 Å². The Morgan fingerprint density at radius 1 is 1.17 bits per heavy atom. The van der Waals surface area contributed by atoms with Crippen LogP contribution in [0.2, 0.25) is 0 Å². The van der Waals surface area contributed by atoms with Gasteiger partial charge in [0.1, 0.15) is 11.4 Å². The van der Waals surface area contributed by atoms with Crippen LogP contribution in [0.1, 0.15) is 38.2 Å². The summed E-state index contributed by atoms with van der Waals surface area (Å²) < 4.78 is 21.6. The van der Waals surface area contributed by atoms with E-state index in [1.165, 1.54) is 0 Å². The molecule has 132 valence electrons. The topological polar surface area (TPSA) is 54.0 Å². The molecule has 0 bridgehead atoms. The molecule has 0 saturated carbocycles. The van der Waals surface area contributed by atoms with Gasteiger partial charge in [0.2, 0.25) is 0 Å². The molecular weight excluding hydrogens is 308 g/mol. The van der Waals surface area contributed by atoms with E-state index in [2.05, 4.69) is 13.2 Å².